The summed E-state index contributed by atoms with van der Waals surface area (Å²) >= 11 is 0. The molecule has 0 aliphatic heterocycles. The van der Waals surface area contributed by atoms with Crippen molar-refractivity contribution in [2.24, 2.45) is 0 Å². The molecule has 6 nitrogen and oxygen atoms in total. The number of amides is 2. The summed E-state index contributed by atoms with van der Waals surface area (Å²) in [6, 6.07) is 12.3. The third-order valence-corrected chi connectivity index (χ3v) is 3.30. The highest BCUT2D eigenvalue weighted by molar-refractivity contribution is 6.03. The van der Waals surface area contributed by atoms with Crippen molar-refractivity contribution in [1.82, 2.24) is 10.3 Å². The summed E-state index contributed by atoms with van der Waals surface area (Å²) in [6.07, 6.45) is 0.718. The average Bonchev–Trinajstić information content (AvgIpc) is 2.58. The van der Waals surface area contributed by atoms with Gasteiger partial charge in [-0.1, -0.05) is 18.2 Å². The van der Waals surface area contributed by atoms with Gasteiger partial charge < -0.3 is 15.4 Å². The lowest BCUT2D eigenvalue weighted by molar-refractivity contribution is 0.0943. The van der Waals surface area contributed by atoms with Gasteiger partial charge in [0.1, 0.15) is 11.4 Å². The molecule has 0 atom stereocenters. The van der Waals surface area contributed by atoms with Gasteiger partial charge in [0.15, 0.2) is 0 Å². The van der Waals surface area contributed by atoms with Gasteiger partial charge in [-0.2, -0.15) is 0 Å². The molecule has 0 saturated heterocycles. The Morgan fingerprint density at radius 2 is 1.79 bits per heavy atom. The van der Waals surface area contributed by atoms with E-state index in [1.165, 1.54) is 0 Å². The van der Waals surface area contributed by atoms with Gasteiger partial charge in [-0.3, -0.25) is 9.59 Å². The molecule has 0 spiro atoms. The third kappa shape index (κ3) is 5.17. The number of rotatable bonds is 7. The summed E-state index contributed by atoms with van der Waals surface area (Å²) in [4.78, 5) is 28.5. The summed E-state index contributed by atoms with van der Waals surface area (Å²) in [5.41, 5.74) is 2.14. The Morgan fingerprint density at radius 3 is 2.50 bits per heavy atom. The van der Waals surface area contributed by atoms with Crippen LogP contribution in [0.3, 0.4) is 0 Å². The van der Waals surface area contributed by atoms with Crippen LogP contribution in [0.1, 0.15) is 33.0 Å². The van der Waals surface area contributed by atoms with Gasteiger partial charge >= 0.3 is 0 Å². The van der Waals surface area contributed by atoms with E-state index in [0.29, 0.717) is 18.8 Å². The molecule has 0 fully saturated rings. The molecular weight excluding hydrogens is 306 g/mol. The Bertz CT molecular complexity index is 716. The molecular formula is C18H21N3O3. The lowest BCUT2D eigenvalue weighted by Gasteiger charge is -2.07. The number of hydrogen-bond acceptors (Lipinski definition) is 4. The molecule has 1 aromatic carbocycles. The van der Waals surface area contributed by atoms with E-state index in [1.807, 2.05) is 25.1 Å². The number of aromatic nitrogens is 1. The summed E-state index contributed by atoms with van der Waals surface area (Å²) in [5.74, 6) is -0.661. The zero-order chi connectivity index (χ0) is 17.4. The van der Waals surface area contributed by atoms with E-state index in [1.54, 1.807) is 31.4 Å². The number of aryl methyl sites for hydroxylation is 1. The maximum atomic E-state index is 12.3. The molecule has 0 aliphatic rings. The second kappa shape index (κ2) is 8.79. The van der Waals surface area contributed by atoms with E-state index in [2.05, 4.69) is 15.6 Å². The number of pyridine rings is 1. The quantitative estimate of drug-likeness (QED) is 0.765. The number of nitrogens with one attached hydrogen (secondary N) is 2. The van der Waals surface area contributed by atoms with Gasteiger partial charge in [-0.25, -0.2) is 4.98 Å². The number of anilines is 1. The zero-order valence-corrected chi connectivity index (χ0v) is 13.8. The van der Waals surface area contributed by atoms with Crippen LogP contribution in [0.5, 0.6) is 0 Å². The Morgan fingerprint density at radius 1 is 1.08 bits per heavy atom. The molecule has 126 valence electrons. The normalized spacial score (nSPS) is 10.2. The molecule has 0 bridgehead atoms. The van der Waals surface area contributed by atoms with E-state index >= 15 is 0 Å². The van der Waals surface area contributed by atoms with Crippen LogP contribution in [0.25, 0.3) is 0 Å². The summed E-state index contributed by atoms with van der Waals surface area (Å²) in [7, 11) is 1.61. The molecule has 2 aromatic rings. The first kappa shape index (κ1) is 17.6. The Hall–Kier alpha value is -2.73. The summed E-state index contributed by atoms with van der Waals surface area (Å²) in [5, 5.41) is 5.52. The van der Waals surface area contributed by atoms with Crippen molar-refractivity contribution in [2.75, 3.05) is 25.6 Å². The standard InChI is InChI=1S/C18H21N3O3/c1-13-6-3-7-14(12-13)20-18(23)16-9-4-8-15(21-16)17(22)19-10-5-11-24-2/h3-4,6-9,12H,5,10-11H2,1-2H3,(H,19,22)(H,20,23). The average molecular weight is 327 g/mol. The maximum Gasteiger partial charge on any atom is 0.274 e. The Kier molecular flexibility index (Phi) is 6.45. The van der Waals surface area contributed by atoms with Crippen molar-refractivity contribution in [3.8, 4) is 0 Å². The molecule has 2 N–H and O–H groups in total. The first-order chi connectivity index (χ1) is 11.6. The molecule has 1 heterocycles. The van der Waals surface area contributed by atoms with E-state index in [-0.39, 0.29) is 23.2 Å². The summed E-state index contributed by atoms with van der Waals surface area (Å²) in [6.45, 7) is 3.02. The van der Waals surface area contributed by atoms with Crippen LogP contribution in [-0.4, -0.2) is 37.1 Å². The second-order valence-corrected chi connectivity index (χ2v) is 5.33. The number of methoxy groups -OCH3 is 1. The SMILES string of the molecule is COCCCNC(=O)c1cccc(C(=O)Nc2cccc(C)c2)n1. The number of nitrogens with zero attached hydrogens (tertiary/aromatic N) is 1. The highest BCUT2D eigenvalue weighted by Gasteiger charge is 2.12. The fourth-order valence-electron chi connectivity index (χ4n) is 2.11. The fraction of sp³-hybridized carbons (Fsp3) is 0.278. The van der Waals surface area contributed by atoms with Gasteiger partial charge in [0, 0.05) is 25.9 Å². The second-order valence-electron chi connectivity index (χ2n) is 5.33. The maximum absolute atomic E-state index is 12.3. The summed E-state index contributed by atoms with van der Waals surface area (Å²) < 4.78 is 4.93. The van der Waals surface area contributed by atoms with Crippen LogP contribution < -0.4 is 10.6 Å². The predicted molar refractivity (Wildman–Crippen MR) is 92.2 cm³/mol. The molecule has 0 unspecified atom stereocenters. The third-order valence-electron chi connectivity index (χ3n) is 3.30. The fourth-order valence-corrected chi connectivity index (χ4v) is 2.11. The van der Waals surface area contributed by atoms with E-state index in [0.717, 1.165) is 12.0 Å². The van der Waals surface area contributed by atoms with Gasteiger partial charge in [0.25, 0.3) is 11.8 Å². The Balaban J connectivity index is 2.01. The van der Waals surface area contributed by atoms with Crippen LogP contribution in [0, 0.1) is 6.92 Å². The monoisotopic (exact) mass is 327 g/mol. The molecule has 2 amide bonds. The van der Waals surface area contributed by atoms with Crippen molar-refractivity contribution in [3.05, 3.63) is 59.4 Å². The van der Waals surface area contributed by atoms with Crippen LogP contribution in [-0.2, 0) is 4.74 Å². The topological polar surface area (TPSA) is 80.3 Å². The zero-order valence-electron chi connectivity index (χ0n) is 13.8. The largest absolute Gasteiger partial charge is 0.385 e. The van der Waals surface area contributed by atoms with Crippen LogP contribution in [0.2, 0.25) is 0 Å². The lowest BCUT2D eigenvalue weighted by atomic mass is 10.2. The molecule has 6 heteroatoms. The number of benzene rings is 1. The molecule has 0 radical (unpaired) electrons. The first-order valence-corrected chi connectivity index (χ1v) is 7.72. The molecule has 0 saturated carbocycles. The smallest absolute Gasteiger partial charge is 0.274 e. The van der Waals surface area contributed by atoms with Crippen molar-refractivity contribution in [1.29, 1.82) is 0 Å². The van der Waals surface area contributed by atoms with Crippen molar-refractivity contribution < 1.29 is 14.3 Å². The molecule has 0 aliphatic carbocycles. The van der Waals surface area contributed by atoms with Gasteiger partial charge in [0.05, 0.1) is 0 Å². The van der Waals surface area contributed by atoms with Crippen molar-refractivity contribution in [2.45, 2.75) is 13.3 Å². The predicted octanol–water partition coefficient (Wildman–Crippen LogP) is 2.41. The number of carbonyl (C=O) groups is 2. The minimum atomic E-state index is -0.352. The van der Waals surface area contributed by atoms with Crippen LogP contribution in [0.15, 0.2) is 42.5 Å². The molecule has 24 heavy (non-hydrogen) atoms. The van der Waals surface area contributed by atoms with E-state index < -0.39 is 0 Å². The minimum absolute atomic E-state index is 0.195. The molecule has 2 rings (SSSR count). The van der Waals surface area contributed by atoms with Gasteiger partial charge in [0.2, 0.25) is 0 Å². The highest BCUT2D eigenvalue weighted by atomic mass is 16.5. The highest BCUT2D eigenvalue weighted by Crippen LogP contribution is 2.11. The first-order valence-electron chi connectivity index (χ1n) is 7.72. The minimum Gasteiger partial charge on any atom is -0.385 e. The van der Waals surface area contributed by atoms with E-state index in [4.69, 9.17) is 4.74 Å². The number of ether oxygens (including phenoxy) is 1. The van der Waals surface area contributed by atoms with Gasteiger partial charge in [-0.05, 0) is 43.2 Å². The number of hydrogen-bond donors (Lipinski definition) is 2. The van der Waals surface area contributed by atoms with E-state index in [9.17, 15) is 9.59 Å². The van der Waals surface area contributed by atoms with Crippen LogP contribution >= 0.6 is 0 Å². The Labute approximate surface area is 141 Å². The number of carbonyl (C=O) groups excluding carboxylic acids is 2. The van der Waals surface area contributed by atoms with Crippen molar-refractivity contribution in [3.63, 3.8) is 0 Å². The molecule has 1 aromatic heterocycles. The van der Waals surface area contributed by atoms with Crippen molar-refractivity contribution >= 4 is 17.5 Å². The van der Waals surface area contributed by atoms with Crippen LogP contribution in [0.4, 0.5) is 5.69 Å². The lowest BCUT2D eigenvalue weighted by Crippen LogP contribution is -2.27. The van der Waals surface area contributed by atoms with Gasteiger partial charge in [-0.15, -0.1) is 0 Å².